The van der Waals surface area contributed by atoms with Crippen molar-refractivity contribution in [1.29, 1.82) is 0 Å². The summed E-state index contributed by atoms with van der Waals surface area (Å²) >= 11 is 0. The molecule has 4 rings (SSSR count). The van der Waals surface area contributed by atoms with Crippen LogP contribution in [0.15, 0.2) is 40.8 Å². The van der Waals surface area contributed by atoms with Crippen molar-refractivity contribution in [2.75, 3.05) is 26.2 Å². The van der Waals surface area contributed by atoms with Crippen LogP contribution in [0.25, 0.3) is 21.7 Å². The third-order valence-corrected chi connectivity index (χ3v) is 5.45. The molecule has 1 saturated heterocycles. The average Bonchev–Trinajstić information content (AvgIpc) is 3.05. The number of nitrogens with two attached hydrogens (primary N) is 1. The van der Waals surface area contributed by atoms with Crippen LogP contribution in [-0.4, -0.2) is 43.2 Å². The lowest BCUT2D eigenvalue weighted by molar-refractivity contribution is 0.00767. The molecule has 0 unspecified atom stereocenters. The van der Waals surface area contributed by atoms with Gasteiger partial charge in [-0.1, -0.05) is 36.4 Å². The summed E-state index contributed by atoms with van der Waals surface area (Å²) in [5.41, 5.74) is 7.23. The van der Waals surface area contributed by atoms with E-state index in [0.717, 1.165) is 46.6 Å². The zero-order valence-corrected chi connectivity index (χ0v) is 17.0. The number of fused-ring (bicyclic) bond motifs is 3. The first kappa shape index (κ1) is 20.6. The highest BCUT2D eigenvalue weighted by Gasteiger charge is 2.28. The van der Waals surface area contributed by atoms with Gasteiger partial charge in [0, 0.05) is 36.0 Å². The van der Waals surface area contributed by atoms with Gasteiger partial charge in [0.1, 0.15) is 5.58 Å². The largest absolute Gasteiger partial charge is 0.450 e. The van der Waals surface area contributed by atoms with Crippen LogP contribution in [0.4, 0.5) is 0 Å². The summed E-state index contributed by atoms with van der Waals surface area (Å²) < 4.78 is 11.9. The molecule has 0 radical (unpaired) electrons. The van der Waals surface area contributed by atoms with E-state index < -0.39 is 0 Å². The smallest absolute Gasteiger partial charge is 0.289 e. The Bertz CT molecular complexity index is 961. The van der Waals surface area contributed by atoms with Crippen LogP contribution in [0.3, 0.4) is 0 Å². The molecule has 28 heavy (non-hydrogen) atoms. The number of piperidine rings is 1. The van der Waals surface area contributed by atoms with Gasteiger partial charge in [-0.2, -0.15) is 0 Å². The molecule has 5 nitrogen and oxygen atoms in total. The second-order valence-corrected chi connectivity index (χ2v) is 7.22. The van der Waals surface area contributed by atoms with Crippen molar-refractivity contribution in [1.82, 2.24) is 4.90 Å². The number of hydrogen-bond donors (Lipinski definition) is 1. The zero-order valence-electron chi connectivity index (χ0n) is 16.1. The van der Waals surface area contributed by atoms with Crippen LogP contribution >= 0.6 is 12.4 Å². The van der Waals surface area contributed by atoms with Crippen molar-refractivity contribution in [3.8, 4) is 0 Å². The number of hydrogen-bond acceptors (Lipinski definition) is 4. The number of nitrogens with zero attached hydrogens (tertiary/aromatic N) is 1. The van der Waals surface area contributed by atoms with Gasteiger partial charge in [-0.05, 0) is 38.1 Å². The zero-order chi connectivity index (χ0) is 18.8. The summed E-state index contributed by atoms with van der Waals surface area (Å²) in [6, 6.07) is 12.2. The Morgan fingerprint density at radius 1 is 1.18 bits per heavy atom. The highest BCUT2D eigenvalue weighted by molar-refractivity contribution is 6.08. The molecule has 1 aliphatic heterocycles. The van der Waals surface area contributed by atoms with E-state index in [2.05, 4.69) is 12.1 Å². The van der Waals surface area contributed by atoms with E-state index in [-0.39, 0.29) is 24.4 Å². The highest BCUT2D eigenvalue weighted by Crippen LogP contribution is 2.32. The standard InChI is InChI=1S/C22H26N2O3.ClH/c1-15-18-8-7-16-5-2-3-6-19(16)21(18)27-20(15)22(25)24-12-9-17(10-13-24)26-14-4-11-23;/h2-3,5-8,17H,4,9-14,23H2,1H3;1H. The van der Waals surface area contributed by atoms with Crippen LogP contribution in [0.1, 0.15) is 35.4 Å². The number of furan rings is 1. The van der Waals surface area contributed by atoms with Crippen LogP contribution in [0, 0.1) is 6.92 Å². The van der Waals surface area contributed by atoms with Gasteiger partial charge in [0.15, 0.2) is 5.76 Å². The summed E-state index contributed by atoms with van der Waals surface area (Å²) in [6.45, 7) is 4.71. The molecule has 0 bridgehead atoms. The lowest BCUT2D eigenvalue weighted by Gasteiger charge is -2.31. The molecule has 1 amide bonds. The van der Waals surface area contributed by atoms with Gasteiger partial charge in [-0.15, -0.1) is 12.4 Å². The molecular formula is C22H27ClN2O3. The molecule has 2 N–H and O–H groups in total. The van der Waals surface area contributed by atoms with Gasteiger partial charge in [0.05, 0.1) is 6.10 Å². The van der Waals surface area contributed by atoms with Gasteiger partial charge in [0.2, 0.25) is 0 Å². The van der Waals surface area contributed by atoms with Crippen molar-refractivity contribution in [3.05, 3.63) is 47.7 Å². The second-order valence-electron chi connectivity index (χ2n) is 7.22. The maximum Gasteiger partial charge on any atom is 0.289 e. The van der Waals surface area contributed by atoms with E-state index in [1.54, 1.807) is 0 Å². The summed E-state index contributed by atoms with van der Waals surface area (Å²) in [5.74, 6) is 0.442. The minimum absolute atomic E-state index is 0. The number of aryl methyl sites for hydroxylation is 1. The van der Waals surface area contributed by atoms with Crippen LogP contribution in [0.2, 0.25) is 0 Å². The highest BCUT2D eigenvalue weighted by atomic mass is 35.5. The first-order valence-corrected chi connectivity index (χ1v) is 9.71. The van der Waals surface area contributed by atoms with E-state index in [0.29, 0.717) is 32.0 Å². The quantitative estimate of drug-likeness (QED) is 0.646. The third-order valence-electron chi connectivity index (χ3n) is 5.45. The number of ether oxygens (including phenoxy) is 1. The van der Waals surface area contributed by atoms with E-state index in [9.17, 15) is 4.79 Å². The van der Waals surface area contributed by atoms with Crippen LogP contribution in [-0.2, 0) is 4.74 Å². The van der Waals surface area contributed by atoms with E-state index in [1.807, 2.05) is 36.1 Å². The van der Waals surface area contributed by atoms with Gasteiger partial charge in [-0.3, -0.25) is 4.79 Å². The first-order valence-electron chi connectivity index (χ1n) is 9.71. The topological polar surface area (TPSA) is 68.7 Å². The van der Waals surface area contributed by atoms with Crippen LogP contribution in [0.5, 0.6) is 0 Å². The molecule has 2 heterocycles. The minimum Gasteiger partial charge on any atom is -0.450 e. The number of carbonyl (C=O) groups is 1. The molecular weight excluding hydrogens is 376 g/mol. The van der Waals surface area contributed by atoms with Gasteiger partial charge in [0.25, 0.3) is 5.91 Å². The third kappa shape index (κ3) is 3.88. The predicted molar refractivity (Wildman–Crippen MR) is 114 cm³/mol. The maximum atomic E-state index is 13.1. The van der Waals surface area contributed by atoms with Crippen molar-refractivity contribution < 1.29 is 13.9 Å². The number of likely N-dealkylation sites (tertiary alicyclic amines) is 1. The molecule has 0 aliphatic carbocycles. The summed E-state index contributed by atoms with van der Waals surface area (Å²) in [4.78, 5) is 15.0. The number of rotatable bonds is 5. The maximum absolute atomic E-state index is 13.1. The fourth-order valence-corrected chi connectivity index (χ4v) is 3.86. The minimum atomic E-state index is -0.0202. The van der Waals surface area contributed by atoms with Crippen molar-refractivity contribution in [2.24, 2.45) is 5.73 Å². The SMILES string of the molecule is Cc1c(C(=O)N2CCC(OCCCN)CC2)oc2c1ccc1ccccc12.Cl. The Morgan fingerprint density at radius 3 is 2.68 bits per heavy atom. The molecule has 1 aliphatic rings. The fraction of sp³-hybridized carbons (Fsp3) is 0.409. The van der Waals surface area contributed by atoms with Gasteiger partial charge < -0.3 is 19.8 Å². The van der Waals surface area contributed by atoms with Crippen molar-refractivity contribution >= 4 is 40.1 Å². The monoisotopic (exact) mass is 402 g/mol. The molecule has 0 spiro atoms. The molecule has 2 aromatic carbocycles. The van der Waals surface area contributed by atoms with E-state index in [1.165, 1.54) is 0 Å². The molecule has 0 atom stereocenters. The fourth-order valence-electron chi connectivity index (χ4n) is 3.86. The number of halogens is 1. The summed E-state index contributed by atoms with van der Waals surface area (Å²) in [5, 5.41) is 3.18. The molecule has 3 aromatic rings. The molecule has 6 heteroatoms. The lowest BCUT2D eigenvalue weighted by Crippen LogP contribution is -2.41. The number of benzene rings is 2. The Morgan fingerprint density at radius 2 is 1.93 bits per heavy atom. The molecule has 1 aromatic heterocycles. The molecule has 150 valence electrons. The Balaban J connectivity index is 0.00000225. The predicted octanol–water partition coefficient (Wildman–Crippen LogP) is 4.29. The Hall–Kier alpha value is -2.08. The van der Waals surface area contributed by atoms with Crippen molar-refractivity contribution in [3.63, 3.8) is 0 Å². The molecule has 0 saturated carbocycles. The normalized spacial score (nSPS) is 15.1. The van der Waals surface area contributed by atoms with E-state index >= 15 is 0 Å². The second kappa shape index (κ2) is 8.95. The average molecular weight is 403 g/mol. The number of carbonyl (C=O) groups excluding carboxylic acids is 1. The van der Waals surface area contributed by atoms with Gasteiger partial charge >= 0.3 is 0 Å². The lowest BCUT2D eigenvalue weighted by atomic mass is 10.0. The first-order chi connectivity index (χ1) is 13.2. The Kier molecular flexibility index (Phi) is 6.60. The van der Waals surface area contributed by atoms with Crippen molar-refractivity contribution in [2.45, 2.75) is 32.3 Å². The van der Waals surface area contributed by atoms with Gasteiger partial charge in [-0.25, -0.2) is 0 Å². The van der Waals surface area contributed by atoms with Crippen LogP contribution < -0.4 is 5.73 Å². The summed E-state index contributed by atoms with van der Waals surface area (Å²) in [7, 11) is 0. The Labute approximate surface area is 171 Å². The van der Waals surface area contributed by atoms with E-state index in [4.69, 9.17) is 14.9 Å². The summed E-state index contributed by atoms with van der Waals surface area (Å²) in [6.07, 6.45) is 2.82. The number of amides is 1. The molecule has 1 fully saturated rings.